The van der Waals surface area contributed by atoms with Crippen molar-refractivity contribution in [3.8, 4) is 0 Å². The summed E-state index contributed by atoms with van der Waals surface area (Å²) in [5.74, 6) is -0.956. The molecule has 0 saturated carbocycles. The van der Waals surface area contributed by atoms with E-state index in [1.54, 1.807) is 29.6 Å². The van der Waals surface area contributed by atoms with E-state index in [2.05, 4.69) is 5.32 Å². The fourth-order valence-electron chi connectivity index (χ4n) is 1.83. The van der Waals surface area contributed by atoms with E-state index in [1.165, 1.54) is 6.07 Å². The molecular weight excluding hydrogens is 280 g/mol. The molecule has 2 N–H and O–H groups in total. The Bertz CT molecular complexity index is 639. The van der Waals surface area contributed by atoms with E-state index in [4.69, 9.17) is 5.11 Å². The highest BCUT2D eigenvalue weighted by molar-refractivity contribution is 7.12. The highest BCUT2D eigenvalue weighted by Crippen LogP contribution is 2.19. The molecule has 0 aliphatic rings. The fraction of sp³-hybridized carbons (Fsp3) is 0.154. The quantitative estimate of drug-likeness (QED) is 0.630. The van der Waals surface area contributed by atoms with Gasteiger partial charge in [-0.15, -0.1) is 11.3 Å². The number of benzene rings is 1. The van der Waals surface area contributed by atoms with Crippen LogP contribution in [0, 0.1) is 10.1 Å². The number of nitro benzene ring substituents is 1. The Morgan fingerprint density at radius 1 is 1.25 bits per heavy atom. The summed E-state index contributed by atoms with van der Waals surface area (Å²) in [5, 5.41) is 24.6. The van der Waals surface area contributed by atoms with Crippen LogP contribution in [-0.2, 0) is 13.1 Å². The predicted octanol–water partition coefficient (Wildman–Crippen LogP) is 2.64. The monoisotopic (exact) mass is 292 g/mol. The van der Waals surface area contributed by atoms with E-state index < -0.39 is 10.9 Å². The minimum atomic E-state index is -0.956. The summed E-state index contributed by atoms with van der Waals surface area (Å²) >= 11 is 1.16. The van der Waals surface area contributed by atoms with Crippen molar-refractivity contribution < 1.29 is 14.8 Å². The number of nitro groups is 1. The van der Waals surface area contributed by atoms with Gasteiger partial charge in [0.25, 0.3) is 5.69 Å². The highest BCUT2D eigenvalue weighted by Gasteiger charge is 2.13. The maximum Gasteiger partial charge on any atom is 0.346 e. The minimum absolute atomic E-state index is 0.0591. The van der Waals surface area contributed by atoms with Gasteiger partial charge in [-0.25, -0.2) is 4.79 Å². The number of nitrogens with one attached hydrogen (secondary N) is 1. The molecule has 1 aromatic carbocycles. The molecule has 20 heavy (non-hydrogen) atoms. The number of hydrogen-bond acceptors (Lipinski definition) is 5. The normalized spacial score (nSPS) is 10.4. The van der Waals surface area contributed by atoms with Crippen molar-refractivity contribution in [2.75, 3.05) is 0 Å². The van der Waals surface area contributed by atoms with E-state index in [1.807, 2.05) is 0 Å². The average molecular weight is 292 g/mol. The molecule has 0 spiro atoms. The van der Waals surface area contributed by atoms with Crippen LogP contribution < -0.4 is 5.32 Å². The Hall–Kier alpha value is -2.25. The summed E-state index contributed by atoms with van der Waals surface area (Å²) in [5.41, 5.74) is 1.31. The first-order valence-electron chi connectivity index (χ1n) is 5.82. The molecule has 0 fully saturated rings. The zero-order valence-electron chi connectivity index (χ0n) is 10.4. The molecule has 7 heteroatoms. The molecule has 0 aliphatic heterocycles. The standard InChI is InChI=1S/C13H12N2O4S/c16-13(17)12-10(5-6-20-12)8-14-7-9-3-1-2-4-11(9)15(18)19/h1-6,14H,7-8H2,(H,16,17). The van der Waals surface area contributed by atoms with Crippen LogP contribution in [0.1, 0.15) is 20.8 Å². The summed E-state index contributed by atoms with van der Waals surface area (Å²) in [6, 6.07) is 8.21. The second-order valence-corrected chi connectivity index (χ2v) is 4.99. The second kappa shape index (κ2) is 6.27. The summed E-state index contributed by atoms with van der Waals surface area (Å²) in [7, 11) is 0. The largest absolute Gasteiger partial charge is 0.477 e. The summed E-state index contributed by atoms with van der Waals surface area (Å²) in [4.78, 5) is 21.7. The summed E-state index contributed by atoms with van der Waals surface area (Å²) in [6.07, 6.45) is 0. The molecule has 0 atom stereocenters. The summed E-state index contributed by atoms with van der Waals surface area (Å²) in [6.45, 7) is 0.670. The lowest BCUT2D eigenvalue weighted by Crippen LogP contribution is -2.15. The Morgan fingerprint density at radius 3 is 2.65 bits per heavy atom. The van der Waals surface area contributed by atoms with Gasteiger partial charge in [0.2, 0.25) is 0 Å². The lowest BCUT2D eigenvalue weighted by Gasteiger charge is -2.05. The van der Waals surface area contributed by atoms with Crippen molar-refractivity contribution in [3.05, 3.63) is 61.8 Å². The van der Waals surface area contributed by atoms with Crippen LogP contribution in [0.5, 0.6) is 0 Å². The second-order valence-electron chi connectivity index (χ2n) is 4.07. The maximum absolute atomic E-state index is 11.0. The van der Waals surface area contributed by atoms with E-state index in [9.17, 15) is 14.9 Å². The molecule has 1 heterocycles. The molecule has 0 radical (unpaired) electrons. The maximum atomic E-state index is 11.0. The lowest BCUT2D eigenvalue weighted by atomic mass is 10.1. The van der Waals surface area contributed by atoms with Crippen LogP contribution in [0.3, 0.4) is 0 Å². The number of carboxylic acids is 1. The van der Waals surface area contributed by atoms with Gasteiger partial charge in [-0.3, -0.25) is 10.1 Å². The Labute approximate surface area is 118 Å². The number of para-hydroxylation sites is 1. The first-order valence-corrected chi connectivity index (χ1v) is 6.70. The van der Waals surface area contributed by atoms with Crippen molar-refractivity contribution in [2.24, 2.45) is 0 Å². The van der Waals surface area contributed by atoms with Crippen LogP contribution in [-0.4, -0.2) is 16.0 Å². The van der Waals surface area contributed by atoms with Crippen LogP contribution >= 0.6 is 11.3 Å². The van der Waals surface area contributed by atoms with Gasteiger partial charge in [-0.1, -0.05) is 18.2 Å². The Kier molecular flexibility index (Phi) is 4.44. The predicted molar refractivity (Wildman–Crippen MR) is 74.9 cm³/mol. The van der Waals surface area contributed by atoms with E-state index in [-0.39, 0.29) is 5.69 Å². The number of aromatic carboxylic acids is 1. The van der Waals surface area contributed by atoms with Crippen LogP contribution in [0.15, 0.2) is 35.7 Å². The van der Waals surface area contributed by atoms with Gasteiger partial charge < -0.3 is 10.4 Å². The number of rotatable bonds is 6. The van der Waals surface area contributed by atoms with E-state index >= 15 is 0 Å². The van der Waals surface area contributed by atoms with Gasteiger partial charge in [0, 0.05) is 24.7 Å². The zero-order valence-corrected chi connectivity index (χ0v) is 11.2. The first kappa shape index (κ1) is 14.2. The zero-order chi connectivity index (χ0) is 14.5. The van der Waals surface area contributed by atoms with E-state index in [0.29, 0.717) is 29.1 Å². The molecule has 0 saturated heterocycles. The van der Waals surface area contributed by atoms with Gasteiger partial charge in [0.05, 0.1) is 4.92 Å². The smallest absolute Gasteiger partial charge is 0.346 e. The number of carbonyl (C=O) groups is 1. The molecule has 0 aliphatic carbocycles. The molecule has 0 amide bonds. The number of hydrogen-bond donors (Lipinski definition) is 2. The van der Waals surface area contributed by atoms with Gasteiger partial charge in [0.1, 0.15) is 4.88 Å². The SMILES string of the molecule is O=C(O)c1sccc1CNCc1ccccc1[N+](=O)[O-]. The van der Waals surface area contributed by atoms with Crippen LogP contribution in [0.25, 0.3) is 0 Å². The third-order valence-electron chi connectivity index (χ3n) is 2.76. The Balaban J connectivity index is 2.01. The Morgan fingerprint density at radius 2 is 1.95 bits per heavy atom. The third-order valence-corrected chi connectivity index (χ3v) is 3.70. The lowest BCUT2D eigenvalue weighted by molar-refractivity contribution is -0.385. The minimum Gasteiger partial charge on any atom is -0.477 e. The van der Waals surface area contributed by atoms with Crippen LogP contribution in [0.4, 0.5) is 5.69 Å². The molecule has 0 bridgehead atoms. The summed E-state index contributed by atoms with van der Waals surface area (Å²) < 4.78 is 0. The molecule has 6 nitrogen and oxygen atoms in total. The molecule has 2 aromatic rings. The third kappa shape index (κ3) is 3.19. The number of carboxylic acid groups (broad SMARTS) is 1. The van der Waals surface area contributed by atoms with Crippen molar-refractivity contribution in [3.63, 3.8) is 0 Å². The molecule has 2 rings (SSSR count). The number of thiophene rings is 1. The molecule has 104 valence electrons. The van der Waals surface area contributed by atoms with Crippen LogP contribution in [0.2, 0.25) is 0 Å². The van der Waals surface area contributed by atoms with Crippen molar-refractivity contribution in [1.82, 2.24) is 5.32 Å². The van der Waals surface area contributed by atoms with Gasteiger partial charge in [0.15, 0.2) is 0 Å². The molecule has 1 aromatic heterocycles. The van der Waals surface area contributed by atoms with Gasteiger partial charge >= 0.3 is 5.97 Å². The highest BCUT2D eigenvalue weighted by atomic mass is 32.1. The van der Waals surface area contributed by atoms with Gasteiger partial charge in [-0.05, 0) is 17.0 Å². The van der Waals surface area contributed by atoms with Crippen molar-refractivity contribution in [1.29, 1.82) is 0 Å². The van der Waals surface area contributed by atoms with E-state index in [0.717, 1.165) is 11.3 Å². The van der Waals surface area contributed by atoms with Crippen molar-refractivity contribution >= 4 is 23.0 Å². The molecular formula is C13H12N2O4S. The van der Waals surface area contributed by atoms with Gasteiger partial charge in [-0.2, -0.15) is 0 Å². The average Bonchev–Trinajstić information content (AvgIpc) is 2.87. The number of nitrogens with zero attached hydrogens (tertiary/aromatic N) is 1. The first-order chi connectivity index (χ1) is 9.59. The molecule has 0 unspecified atom stereocenters. The topological polar surface area (TPSA) is 92.5 Å². The fourth-order valence-corrected chi connectivity index (χ4v) is 2.59. The van der Waals surface area contributed by atoms with Crippen molar-refractivity contribution in [2.45, 2.75) is 13.1 Å².